The van der Waals surface area contributed by atoms with Crippen LogP contribution in [-0.2, 0) is 16.1 Å². The molecule has 0 saturated carbocycles. The van der Waals surface area contributed by atoms with Gasteiger partial charge in [-0.3, -0.25) is 0 Å². The van der Waals surface area contributed by atoms with Crippen molar-refractivity contribution in [2.45, 2.75) is 12.7 Å². The summed E-state index contributed by atoms with van der Waals surface area (Å²) in [5.41, 5.74) is 1.38. The van der Waals surface area contributed by atoms with E-state index in [1.165, 1.54) is 0 Å². The van der Waals surface area contributed by atoms with Gasteiger partial charge in [0.2, 0.25) is 6.10 Å². The highest BCUT2D eigenvalue weighted by molar-refractivity contribution is 5.76. The molecule has 1 aliphatic rings. The summed E-state index contributed by atoms with van der Waals surface area (Å²) in [7, 11) is 0. The number of hydrogen-bond acceptors (Lipinski definition) is 5. The fourth-order valence-electron chi connectivity index (χ4n) is 2.06. The number of fused-ring (bicyclic) bond motifs is 1. The van der Waals surface area contributed by atoms with Gasteiger partial charge in [0.25, 0.3) is 0 Å². The van der Waals surface area contributed by atoms with Crippen molar-refractivity contribution in [3.63, 3.8) is 0 Å². The minimum atomic E-state index is -0.770. The molecule has 0 aromatic heterocycles. The number of nitrogens with zero attached hydrogens (tertiary/aromatic N) is 1. The Hall–Kier alpha value is -3.00. The maximum atomic E-state index is 12.0. The number of para-hydroxylation sites is 2. The summed E-state index contributed by atoms with van der Waals surface area (Å²) >= 11 is 0. The molecule has 0 radical (unpaired) electrons. The van der Waals surface area contributed by atoms with Crippen LogP contribution in [0.4, 0.5) is 0 Å². The summed E-state index contributed by atoms with van der Waals surface area (Å²) in [6.07, 6.45) is -0.770. The molecular formula is C17H13NO4. The van der Waals surface area contributed by atoms with Gasteiger partial charge in [-0.2, -0.15) is 5.26 Å². The van der Waals surface area contributed by atoms with Crippen molar-refractivity contribution >= 4 is 5.97 Å². The average molecular weight is 295 g/mol. The molecule has 0 amide bonds. The van der Waals surface area contributed by atoms with Crippen molar-refractivity contribution < 1.29 is 19.0 Å². The van der Waals surface area contributed by atoms with Gasteiger partial charge in [-0.1, -0.05) is 24.3 Å². The number of carbonyl (C=O) groups is 1. The van der Waals surface area contributed by atoms with Crippen LogP contribution >= 0.6 is 0 Å². The van der Waals surface area contributed by atoms with Crippen LogP contribution in [0.1, 0.15) is 11.1 Å². The van der Waals surface area contributed by atoms with Crippen molar-refractivity contribution in [3.05, 3.63) is 59.7 Å². The standard InChI is InChI=1S/C17H13NO4/c18-9-12-5-7-13(8-6-12)10-21-17(19)16-11-20-14-3-1-2-4-15(14)22-16/h1-8,16H,10-11H2/t16-/m0/s1. The van der Waals surface area contributed by atoms with E-state index in [0.29, 0.717) is 17.1 Å². The molecule has 1 aliphatic heterocycles. The first kappa shape index (κ1) is 14.0. The van der Waals surface area contributed by atoms with Gasteiger partial charge in [0.15, 0.2) is 11.5 Å². The zero-order valence-corrected chi connectivity index (χ0v) is 11.7. The Morgan fingerprint density at radius 3 is 2.64 bits per heavy atom. The third-order valence-electron chi connectivity index (χ3n) is 3.24. The minimum absolute atomic E-state index is 0.128. The Morgan fingerprint density at radius 1 is 1.18 bits per heavy atom. The zero-order valence-electron chi connectivity index (χ0n) is 11.7. The van der Waals surface area contributed by atoms with E-state index in [1.807, 2.05) is 18.2 Å². The molecule has 0 aliphatic carbocycles. The van der Waals surface area contributed by atoms with E-state index in [0.717, 1.165) is 5.56 Å². The van der Waals surface area contributed by atoms with Gasteiger partial charge >= 0.3 is 5.97 Å². The molecule has 0 spiro atoms. The molecule has 3 rings (SSSR count). The highest BCUT2D eigenvalue weighted by atomic mass is 16.6. The number of esters is 1. The summed E-state index contributed by atoms with van der Waals surface area (Å²) in [6, 6.07) is 16.1. The zero-order chi connectivity index (χ0) is 15.4. The van der Waals surface area contributed by atoms with E-state index in [1.54, 1.807) is 36.4 Å². The molecule has 0 N–H and O–H groups in total. The van der Waals surface area contributed by atoms with Crippen LogP contribution in [0.15, 0.2) is 48.5 Å². The molecule has 5 heteroatoms. The number of hydrogen-bond donors (Lipinski definition) is 0. The van der Waals surface area contributed by atoms with E-state index >= 15 is 0 Å². The van der Waals surface area contributed by atoms with Gasteiger partial charge in [0, 0.05) is 0 Å². The van der Waals surface area contributed by atoms with Crippen LogP contribution in [0.25, 0.3) is 0 Å². The molecule has 5 nitrogen and oxygen atoms in total. The van der Waals surface area contributed by atoms with Crippen LogP contribution in [0.2, 0.25) is 0 Å². The van der Waals surface area contributed by atoms with Crippen LogP contribution in [0.3, 0.4) is 0 Å². The van der Waals surface area contributed by atoms with Gasteiger partial charge in [-0.05, 0) is 29.8 Å². The second kappa shape index (κ2) is 6.19. The van der Waals surface area contributed by atoms with Crippen molar-refractivity contribution in [2.75, 3.05) is 6.61 Å². The second-order valence-electron chi connectivity index (χ2n) is 4.78. The fourth-order valence-corrected chi connectivity index (χ4v) is 2.06. The lowest BCUT2D eigenvalue weighted by Crippen LogP contribution is -2.37. The van der Waals surface area contributed by atoms with Crippen molar-refractivity contribution in [1.29, 1.82) is 5.26 Å². The SMILES string of the molecule is N#Cc1ccc(COC(=O)[C@@H]2COc3ccccc3O2)cc1. The van der Waals surface area contributed by atoms with E-state index in [9.17, 15) is 4.79 Å². The lowest BCUT2D eigenvalue weighted by molar-refractivity contribution is -0.155. The summed E-state index contributed by atoms with van der Waals surface area (Å²) in [5.74, 6) is 0.687. The first-order chi connectivity index (χ1) is 10.8. The Bertz CT molecular complexity index is 718. The van der Waals surface area contributed by atoms with Gasteiger partial charge in [-0.15, -0.1) is 0 Å². The van der Waals surface area contributed by atoms with E-state index < -0.39 is 12.1 Å². The fraction of sp³-hybridized carbons (Fsp3) is 0.176. The number of benzene rings is 2. The van der Waals surface area contributed by atoms with E-state index in [4.69, 9.17) is 19.5 Å². The van der Waals surface area contributed by atoms with Crippen LogP contribution in [-0.4, -0.2) is 18.7 Å². The van der Waals surface area contributed by atoms with Crippen LogP contribution < -0.4 is 9.47 Å². The number of rotatable bonds is 3. The summed E-state index contributed by atoms with van der Waals surface area (Å²) in [6.45, 7) is 0.259. The smallest absolute Gasteiger partial charge is 0.351 e. The summed E-state index contributed by atoms with van der Waals surface area (Å²) in [5, 5.41) is 8.73. The van der Waals surface area contributed by atoms with Crippen LogP contribution in [0.5, 0.6) is 11.5 Å². The number of nitriles is 1. The molecule has 0 fully saturated rings. The maximum Gasteiger partial charge on any atom is 0.351 e. The highest BCUT2D eigenvalue weighted by Crippen LogP contribution is 2.31. The Kier molecular flexibility index (Phi) is 3.92. The topological polar surface area (TPSA) is 68.5 Å². The Labute approximate surface area is 127 Å². The maximum absolute atomic E-state index is 12.0. The van der Waals surface area contributed by atoms with E-state index in [2.05, 4.69) is 0 Å². The lowest BCUT2D eigenvalue weighted by Gasteiger charge is -2.24. The average Bonchev–Trinajstić information content (AvgIpc) is 2.59. The quantitative estimate of drug-likeness (QED) is 0.813. The predicted molar refractivity (Wildman–Crippen MR) is 77.3 cm³/mol. The van der Waals surface area contributed by atoms with Crippen LogP contribution in [0, 0.1) is 11.3 Å². The molecule has 0 unspecified atom stereocenters. The molecule has 1 heterocycles. The number of carbonyl (C=O) groups excluding carboxylic acids is 1. The molecule has 2 aromatic rings. The largest absolute Gasteiger partial charge is 0.485 e. The molecule has 0 bridgehead atoms. The van der Waals surface area contributed by atoms with E-state index in [-0.39, 0.29) is 13.2 Å². The second-order valence-corrected chi connectivity index (χ2v) is 4.78. The molecule has 22 heavy (non-hydrogen) atoms. The van der Waals surface area contributed by atoms with Crippen molar-refractivity contribution in [3.8, 4) is 17.6 Å². The molecule has 0 saturated heterocycles. The van der Waals surface area contributed by atoms with Gasteiger partial charge in [0.05, 0.1) is 11.6 Å². The number of ether oxygens (including phenoxy) is 3. The molecular weight excluding hydrogens is 282 g/mol. The van der Waals surface area contributed by atoms with Crippen molar-refractivity contribution in [2.24, 2.45) is 0 Å². The summed E-state index contributed by atoms with van der Waals surface area (Å²) in [4.78, 5) is 12.0. The minimum Gasteiger partial charge on any atom is -0.485 e. The normalized spacial score (nSPS) is 15.7. The van der Waals surface area contributed by atoms with Gasteiger partial charge in [-0.25, -0.2) is 4.79 Å². The Balaban J connectivity index is 1.57. The summed E-state index contributed by atoms with van der Waals surface area (Å²) < 4.78 is 16.3. The predicted octanol–water partition coefficient (Wildman–Crippen LogP) is 2.44. The highest BCUT2D eigenvalue weighted by Gasteiger charge is 2.28. The third kappa shape index (κ3) is 3.01. The van der Waals surface area contributed by atoms with Gasteiger partial charge < -0.3 is 14.2 Å². The third-order valence-corrected chi connectivity index (χ3v) is 3.24. The molecule has 1 atom stereocenters. The monoisotopic (exact) mass is 295 g/mol. The lowest BCUT2D eigenvalue weighted by atomic mass is 10.2. The molecule has 110 valence electrons. The first-order valence-corrected chi connectivity index (χ1v) is 6.80. The van der Waals surface area contributed by atoms with Crippen molar-refractivity contribution in [1.82, 2.24) is 0 Å². The molecule has 2 aromatic carbocycles. The Morgan fingerprint density at radius 2 is 1.91 bits per heavy atom. The first-order valence-electron chi connectivity index (χ1n) is 6.80. The van der Waals surface area contributed by atoms with Gasteiger partial charge in [0.1, 0.15) is 13.2 Å².